The largest absolute Gasteiger partial charge is 0.480 e. The fourth-order valence-electron chi connectivity index (χ4n) is 3.22. The summed E-state index contributed by atoms with van der Waals surface area (Å²) in [5.41, 5.74) is 0.651. The van der Waals surface area contributed by atoms with Crippen LogP contribution in [0.4, 0.5) is 5.69 Å². The molecular weight excluding hydrogens is 404 g/mol. The lowest BCUT2D eigenvalue weighted by Gasteiger charge is -2.41. The number of anilines is 1. The van der Waals surface area contributed by atoms with Crippen molar-refractivity contribution in [3.63, 3.8) is 0 Å². The normalized spacial score (nSPS) is 18.1. The quantitative estimate of drug-likeness (QED) is 0.767. The average Bonchev–Trinajstić information content (AvgIpc) is 2.67. The van der Waals surface area contributed by atoms with Crippen LogP contribution in [-0.4, -0.2) is 56.1 Å². The molecule has 9 heteroatoms. The van der Waals surface area contributed by atoms with Gasteiger partial charge in [-0.1, -0.05) is 29.8 Å². The second-order valence-electron chi connectivity index (χ2n) is 6.51. The second kappa shape index (κ2) is 8.38. The molecule has 0 spiro atoms. The highest BCUT2D eigenvalue weighted by atomic mass is 35.5. The monoisotopic (exact) mass is 424 g/mol. The third kappa shape index (κ3) is 4.40. The van der Waals surface area contributed by atoms with Crippen molar-refractivity contribution in [2.75, 3.05) is 31.1 Å². The zero-order chi connectivity index (χ0) is 20.3. The van der Waals surface area contributed by atoms with Crippen molar-refractivity contribution in [2.24, 2.45) is 0 Å². The van der Waals surface area contributed by atoms with Crippen molar-refractivity contribution < 1.29 is 23.1 Å². The number of piperazine rings is 1. The molecule has 1 aliphatic rings. The smallest absolute Gasteiger partial charge is 0.341 e. The van der Waals surface area contributed by atoms with E-state index in [0.717, 1.165) is 0 Å². The lowest BCUT2D eigenvalue weighted by molar-refractivity contribution is -0.139. The van der Waals surface area contributed by atoms with Gasteiger partial charge in [-0.05, 0) is 37.3 Å². The van der Waals surface area contributed by atoms with Crippen LogP contribution in [0.5, 0.6) is 5.75 Å². The second-order valence-corrected chi connectivity index (χ2v) is 8.89. The van der Waals surface area contributed by atoms with Gasteiger partial charge < -0.3 is 14.7 Å². The van der Waals surface area contributed by atoms with Crippen LogP contribution in [0.25, 0.3) is 0 Å². The first-order valence-corrected chi connectivity index (χ1v) is 10.6. The summed E-state index contributed by atoms with van der Waals surface area (Å²) in [7, 11) is -3.57. The SMILES string of the molecule is CC1CN(S(=O)(=O)c2ccccc2)CCN1c1cc(Cl)ccc1OCC(=O)O. The number of rotatable bonds is 6. The maximum Gasteiger partial charge on any atom is 0.341 e. The summed E-state index contributed by atoms with van der Waals surface area (Å²) in [6.07, 6.45) is 0. The van der Waals surface area contributed by atoms with Gasteiger partial charge in [0.15, 0.2) is 6.61 Å². The number of hydrogen-bond acceptors (Lipinski definition) is 5. The summed E-state index contributed by atoms with van der Waals surface area (Å²) in [5, 5.41) is 9.37. The van der Waals surface area contributed by atoms with Crippen molar-refractivity contribution in [3.05, 3.63) is 53.6 Å². The van der Waals surface area contributed by atoms with E-state index < -0.39 is 22.6 Å². The molecule has 7 nitrogen and oxygen atoms in total. The van der Waals surface area contributed by atoms with Crippen LogP contribution in [0.3, 0.4) is 0 Å². The van der Waals surface area contributed by atoms with Gasteiger partial charge in [0, 0.05) is 30.7 Å². The third-order valence-electron chi connectivity index (χ3n) is 4.55. The van der Waals surface area contributed by atoms with Crippen LogP contribution < -0.4 is 9.64 Å². The van der Waals surface area contributed by atoms with E-state index in [2.05, 4.69) is 0 Å². The lowest BCUT2D eigenvalue weighted by atomic mass is 10.1. The molecule has 0 radical (unpaired) electrons. The van der Waals surface area contributed by atoms with Gasteiger partial charge in [0.25, 0.3) is 0 Å². The molecule has 1 heterocycles. The van der Waals surface area contributed by atoms with Crippen LogP contribution in [-0.2, 0) is 14.8 Å². The van der Waals surface area contributed by atoms with Crippen LogP contribution >= 0.6 is 11.6 Å². The maximum absolute atomic E-state index is 12.9. The summed E-state index contributed by atoms with van der Waals surface area (Å²) in [6, 6.07) is 13.1. The zero-order valence-corrected chi connectivity index (χ0v) is 16.9. The maximum atomic E-state index is 12.9. The standard InChI is InChI=1S/C19H21ClN2O5S/c1-14-12-21(28(25,26)16-5-3-2-4-6-16)9-10-22(14)17-11-15(20)7-8-18(17)27-13-19(23)24/h2-8,11,14H,9-10,12-13H2,1H3,(H,23,24). The number of aliphatic carboxylic acids is 1. The topological polar surface area (TPSA) is 87.2 Å². The first-order chi connectivity index (χ1) is 13.3. The number of sulfonamides is 1. The Morgan fingerprint density at radius 1 is 1.21 bits per heavy atom. The van der Waals surface area contributed by atoms with E-state index in [1.165, 1.54) is 4.31 Å². The van der Waals surface area contributed by atoms with Crippen LogP contribution in [0, 0.1) is 0 Å². The zero-order valence-electron chi connectivity index (χ0n) is 15.3. The summed E-state index contributed by atoms with van der Waals surface area (Å²) in [4.78, 5) is 13.1. The predicted octanol–water partition coefficient (Wildman–Crippen LogP) is 2.70. The van der Waals surface area contributed by atoms with E-state index in [1.807, 2.05) is 11.8 Å². The molecule has 2 aromatic carbocycles. The van der Waals surface area contributed by atoms with E-state index in [9.17, 15) is 13.2 Å². The first-order valence-electron chi connectivity index (χ1n) is 8.75. The highest BCUT2D eigenvalue weighted by Crippen LogP contribution is 2.34. The van der Waals surface area contributed by atoms with Crippen molar-refractivity contribution in [1.29, 1.82) is 0 Å². The molecule has 0 aromatic heterocycles. The lowest BCUT2D eigenvalue weighted by Crippen LogP contribution is -2.53. The van der Waals surface area contributed by atoms with E-state index >= 15 is 0 Å². The van der Waals surface area contributed by atoms with Gasteiger partial charge >= 0.3 is 5.97 Å². The van der Waals surface area contributed by atoms with E-state index in [4.69, 9.17) is 21.4 Å². The van der Waals surface area contributed by atoms with E-state index in [0.29, 0.717) is 36.1 Å². The number of nitrogens with zero attached hydrogens (tertiary/aromatic N) is 2. The minimum Gasteiger partial charge on any atom is -0.480 e. The molecule has 1 aliphatic heterocycles. The minimum absolute atomic E-state index is 0.155. The Balaban J connectivity index is 1.81. The molecule has 1 atom stereocenters. The average molecular weight is 425 g/mol. The summed E-state index contributed by atoms with van der Waals surface area (Å²) >= 11 is 6.12. The van der Waals surface area contributed by atoms with Gasteiger partial charge in [0.05, 0.1) is 10.6 Å². The van der Waals surface area contributed by atoms with E-state index in [-0.39, 0.29) is 10.9 Å². The van der Waals surface area contributed by atoms with Crippen LogP contribution in [0.1, 0.15) is 6.92 Å². The molecular formula is C19H21ClN2O5S. The Bertz CT molecular complexity index is 952. The van der Waals surface area contributed by atoms with Crippen molar-refractivity contribution in [3.8, 4) is 5.75 Å². The molecule has 1 unspecified atom stereocenters. The highest BCUT2D eigenvalue weighted by molar-refractivity contribution is 7.89. The Hall–Kier alpha value is -2.29. The number of ether oxygens (including phenoxy) is 1. The Kier molecular flexibility index (Phi) is 6.12. The highest BCUT2D eigenvalue weighted by Gasteiger charge is 2.33. The Labute approximate surface area is 169 Å². The number of carbonyl (C=O) groups is 1. The molecule has 1 N–H and O–H groups in total. The summed E-state index contributed by atoms with van der Waals surface area (Å²) < 4.78 is 32.6. The molecule has 3 rings (SSSR count). The van der Waals surface area contributed by atoms with E-state index in [1.54, 1.807) is 48.5 Å². The molecule has 1 saturated heterocycles. The van der Waals surface area contributed by atoms with Gasteiger partial charge in [-0.25, -0.2) is 13.2 Å². The van der Waals surface area contributed by atoms with Gasteiger partial charge in [-0.15, -0.1) is 0 Å². The molecule has 0 saturated carbocycles. The molecule has 150 valence electrons. The van der Waals surface area contributed by atoms with Gasteiger partial charge in [-0.3, -0.25) is 0 Å². The van der Waals surface area contributed by atoms with Crippen molar-refractivity contribution in [1.82, 2.24) is 4.31 Å². The number of hydrogen-bond donors (Lipinski definition) is 1. The summed E-state index contributed by atoms with van der Waals surface area (Å²) in [6.45, 7) is 2.46. The number of benzene rings is 2. The predicted molar refractivity (Wildman–Crippen MR) is 107 cm³/mol. The molecule has 28 heavy (non-hydrogen) atoms. The third-order valence-corrected chi connectivity index (χ3v) is 6.67. The molecule has 0 bridgehead atoms. The number of carboxylic acid groups (broad SMARTS) is 1. The van der Waals surface area contributed by atoms with Gasteiger partial charge in [-0.2, -0.15) is 4.31 Å². The van der Waals surface area contributed by atoms with Gasteiger partial charge in [0.2, 0.25) is 10.0 Å². The van der Waals surface area contributed by atoms with Crippen LogP contribution in [0.15, 0.2) is 53.4 Å². The fourth-order valence-corrected chi connectivity index (χ4v) is 4.92. The molecule has 2 aromatic rings. The van der Waals surface area contributed by atoms with Crippen LogP contribution in [0.2, 0.25) is 5.02 Å². The Morgan fingerprint density at radius 2 is 1.93 bits per heavy atom. The Morgan fingerprint density at radius 3 is 2.57 bits per heavy atom. The molecule has 0 aliphatic carbocycles. The van der Waals surface area contributed by atoms with Crippen molar-refractivity contribution in [2.45, 2.75) is 17.9 Å². The van der Waals surface area contributed by atoms with Gasteiger partial charge in [0.1, 0.15) is 5.75 Å². The van der Waals surface area contributed by atoms with Crippen molar-refractivity contribution >= 4 is 33.3 Å². The molecule has 0 amide bonds. The minimum atomic E-state index is -3.57. The first kappa shape index (κ1) is 20.4. The number of halogens is 1. The molecule has 1 fully saturated rings. The number of carboxylic acids is 1. The summed E-state index contributed by atoms with van der Waals surface area (Å²) in [5.74, 6) is -0.675. The fraction of sp³-hybridized carbons (Fsp3) is 0.316.